The number of rotatable bonds is 9. The molecule has 0 spiro atoms. The van der Waals surface area contributed by atoms with Gasteiger partial charge in [0.1, 0.15) is 11.8 Å². The van der Waals surface area contributed by atoms with E-state index in [0.717, 1.165) is 6.20 Å². The summed E-state index contributed by atoms with van der Waals surface area (Å²) in [7, 11) is 1.51. The number of nitrogens with zero attached hydrogens (tertiary/aromatic N) is 3. The van der Waals surface area contributed by atoms with Crippen molar-refractivity contribution < 1.29 is 32.5 Å². The van der Waals surface area contributed by atoms with Crippen molar-refractivity contribution >= 4 is 11.9 Å². The van der Waals surface area contributed by atoms with E-state index >= 15 is 0 Å². The molecule has 0 radical (unpaired) electrons. The van der Waals surface area contributed by atoms with Gasteiger partial charge in [-0.05, 0) is 30.2 Å². The van der Waals surface area contributed by atoms with Crippen LogP contribution in [0.3, 0.4) is 0 Å². The van der Waals surface area contributed by atoms with Crippen LogP contribution in [0.5, 0.6) is 11.6 Å². The van der Waals surface area contributed by atoms with Gasteiger partial charge >= 0.3 is 12.1 Å². The molecular weight excluding hydrogens is 515 g/mol. The van der Waals surface area contributed by atoms with Crippen LogP contribution in [0.4, 0.5) is 19.1 Å². The number of aromatic nitrogens is 3. The van der Waals surface area contributed by atoms with Gasteiger partial charge in [0.2, 0.25) is 17.9 Å². The Kier molecular flexibility index (Phi) is 7.96. The number of halogens is 3. The monoisotopic (exact) mass is 539 g/mol. The lowest BCUT2D eigenvalue weighted by atomic mass is 10.0. The number of carboxylic acids is 1. The Morgan fingerprint density at radius 1 is 1.00 bits per heavy atom. The molecular formula is C27H24F3N5O4. The molecule has 5 N–H and O–H groups in total. The second kappa shape index (κ2) is 11.4. The van der Waals surface area contributed by atoms with Crippen LogP contribution in [-0.2, 0) is 11.2 Å². The summed E-state index contributed by atoms with van der Waals surface area (Å²) in [5.41, 5.74) is 13.6. The highest BCUT2D eigenvalue weighted by Crippen LogP contribution is 2.37. The summed E-state index contributed by atoms with van der Waals surface area (Å²) in [6, 6.07) is 16.4. The molecule has 2 heterocycles. The van der Waals surface area contributed by atoms with E-state index in [4.69, 9.17) is 26.0 Å². The lowest BCUT2D eigenvalue weighted by Crippen LogP contribution is -2.32. The van der Waals surface area contributed by atoms with Crippen molar-refractivity contribution in [2.24, 2.45) is 5.73 Å². The van der Waals surface area contributed by atoms with Gasteiger partial charge in [0.05, 0.1) is 18.5 Å². The Morgan fingerprint density at radius 3 is 2.36 bits per heavy atom. The highest BCUT2D eigenvalue weighted by atomic mass is 19.4. The highest BCUT2D eigenvalue weighted by molar-refractivity contribution is 5.73. The number of ether oxygens (including phenoxy) is 2. The number of methoxy groups -OCH3 is 1. The number of nitrogen functional groups attached to an aromatic ring is 1. The summed E-state index contributed by atoms with van der Waals surface area (Å²) in [6.45, 7) is 0. The molecule has 1 unspecified atom stereocenters. The Hall–Kier alpha value is -4.71. The number of anilines is 1. The molecule has 2 atom stereocenters. The molecule has 0 saturated heterocycles. The van der Waals surface area contributed by atoms with Crippen molar-refractivity contribution in [1.29, 1.82) is 0 Å². The maximum absolute atomic E-state index is 14.0. The number of hydrogen-bond acceptors (Lipinski definition) is 8. The van der Waals surface area contributed by atoms with Gasteiger partial charge in [-0.15, -0.1) is 0 Å². The molecule has 4 aromatic rings. The number of alkyl halides is 3. The highest BCUT2D eigenvalue weighted by Gasteiger charge is 2.43. The third-order valence-electron chi connectivity index (χ3n) is 5.73. The Bertz CT molecular complexity index is 1450. The minimum absolute atomic E-state index is 0.105. The first-order valence-corrected chi connectivity index (χ1v) is 11.6. The summed E-state index contributed by atoms with van der Waals surface area (Å²) in [5.74, 6) is -1.21. The van der Waals surface area contributed by atoms with Crippen LogP contribution in [0.25, 0.3) is 22.5 Å². The lowest BCUT2D eigenvalue weighted by Gasteiger charge is -2.22. The number of aliphatic carboxylic acids is 1. The SMILES string of the molecule is COc1cccc(-c2ccc([C@H](Oc3cc(-c4ccc(CC(N)C(=O)O)cc4)nc(N)n3)C(F)(F)F)cn2)c1. The van der Waals surface area contributed by atoms with Gasteiger partial charge in [0.25, 0.3) is 0 Å². The molecule has 0 saturated carbocycles. The van der Waals surface area contributed by atoms with Gasteiger partial charge in [0.15, 0.2) is 0 Å². The maximum Gasteiger partial charge on any atom is 0.429 e. The first-order chi connectivity index (χ1) is 18.5. The van der Waals surface area contributed by atoms with Crippen LogP contribution in [0.15, 0.2) is 72.9 Å². The second-order valence-corrected chi connectivity index (χ2v) is 8.54. The first kappa shape index (κ1) is 27.3. The molecule has 0 aliphatic heterocycles. The third kappa shape index (κ3) is 6.79. The van der Waals surface area contributed by atoms with Crippen molar-refractivity contribution in [2.45, 2.75) is 24.7 Å². The molecule has 2 aromatic heterocycles. The average molecular weight is 540 g/mol. The minimum Gasteiger partial charge on any atom is -0.497 e. The predicted molar refractivity (Wildman–Crippen MR) is 137 cm³/mol. The van der Waals surface area contributed by atoms with Crippen LogP contribution in [0.1, 0.15) is 17.2 Å². The van der Waals surface area contributed by atoms with Crippen molar-refractivity contribution in [3.8, 4) is 34.1 Å². The van der Waals surface area contributed by atoms with Crippen molar-refractivity contribution in [1.82, 2.24) is 15.0 Å². The predicted octanol–water partition coefficient (Wildman–Crippen LogP) is 4.43. The lowest BCUT2D eigenvalue weighted by molar-refractivity contribution is -0.198. The fraction of sp³-hybridized carbons (Fsp3) is 0.185. The van der Waals surface area contributed by atoms with Crippen LogP contribution in [0.2, 0.25) is 0 Å². The normalized spacial score (nSPS) is 12.9. The molecule has 202 valence electrons. The molecule has 2 aromatic carbocycles. The van der Waals surface area contributed by atoms with Gasteiger partial charge < -0.3 is 26.0 Å². The zero-order valence-electron chi connectivity index (χ0n) is 20.6. The fourth-order valence-corrected chi connectivity index (χ4v) is 3.76. The molecule has 0 aliphatic carbocycles. The Balaban J connectivity index is 1.58. The van der Waals surface area contributed by atoms with E-state index in [1.807, 2.05) is 0 Å². The fourth-order valence-electron chi connectivity index (χ4n) is 3.76. The van der Waals surface area contributed by atoms with Gasteiger partial charge in [-0.25, -0.2) is 4.98 Å². The van der Waals surface area contributed by atoms with Crippen molar-refractivity contribution in [3.05, 3.63) is 84.1 Å². The van der Waals surface area contributed by atoms with Crippen molar-refractivity contribution in [3.63, 3.8) is 0 Å². The standard InChI is InChI=1S/C27H24F3N5O4/c1-38-19-4-2-3-17(12-19)21-10-9-18(14-33-21)24(27(28,29)30)39-23-13-22(34-26(32)35-23)16-7-5-15(6-8-16)11-20(31)25(36)37/h2-10,12-14,20,24H,11,31H2,1H3,(H,36,37)(H2,32,34,35)/t20?,24-/m0/s1. The average Bonchev–Trinajstić information content (AvgIpc) is 2.91. The van der Waals surface area contributed by atoms with E-state index in [0.29, 0.717) is 28.1 Å². The molecule has 0 aliphatic rings. The van der Waals surface area contributed by atoms with E-state index in [2.05, 4.69) is 15.0 Å². The number of carbonyl (C=O) groups is 1. The summed E-state index contributed by atoms with van der Waals surface area (Å²) >= 11 is 0. The van der Waals surface area contributed by atoms with Crippen LogP contribution < -0.4 is 20.9 Å². The van der Waals surface area contributed by atoms with Gasteiger partial charge in [0, 0.05) is 29.0 Å². The van der Waals surface area contributed by atoms with E-state index in [-0.39, 0.29) is 29.5 Å². The molecule has 39 heavy (non-hydrogen) atoms. The molecule has 4 rings (SSSR count). The zero-order chi connectivity index (χ0) is 28.2. The largest absolute Gasteiger partial charge is 0.497 e. The quantitative estimate of drug-likeness (QED) is 0.281. The Morgan fingerprint density at radius 2 is 1.74 bits per heavy atom. The molecule has 0 bridgehead atoms. The molecule has 0 amide bonds. The van der Waals surface area contributed by atoms with Crippen LogP contribution >= 0.6 is 0 Å². The summed E-state index contributed by atoms with van der Waals surface area (Å²) in [6.07, 6.45) is -5.96. The maximum atomic E-state index is 14.0. The van der Waals surface area contributed by atoms with Crippen molar-refractivity contribution in [2.75, 3.05) is 12.8 Å². The second-order valence-electron chi connectivity index (χ2n) is 8.54. The summed E-state index contributed by atoms with van der Waals surface area (Å²) < 4.78 is 52.6. The number of pyridine rings is 1. The number of carboxylic acid groups (broad SMARTS) is 1. The molecule has 9 nitrogen and oxygen atoms in total. The molecule has 12 heteroatoms. The Labute approximate surface area is 221 Å². The van der Waals surface area contributed by atoms with E-state index in [9.17, 15) is 18.0 Å². The third-order valence-corrected chi connectivity index (χ3v) is 5.73. The number of hydrogen-bond donors (Lipinski definition) is 3. The summed E-state index contributed by atoms with van der Waals surface area (Å²) in [4.78, 5) is 23.1. The van der Waals surface area contributed by atoms with Gasteiger partial charge in [-0.1, -0.05) is 42.5 Å². The zero-order valence-corrected chi connectivity index (χ0v) is 20.6. The summed E-state index contributed by atoms with van der Waals surface area (Å²) in [5, 5.41) is 8.98. The van der Waals surface area contributed by atoms with Crippen LogP contribution in [0, 0.1) is 0 Å². The van der Waals surface area contributed by atoms with E-state index in [1.165, 1.54) is 25.3 Å². The van der Waals surface area contributed by atoms with Gasteiger partial charge in [-0.3, -0.25) is 9.78 Å². The minimum atomic E-state index is -4.79. The smallest absolute Gasteiger partial charge is 0.429 e. The van der Waals surface area contributed by atoms with E-state index < -0.39 is 24.3 Å². The first-order valence-electron chi connectivity index (χ1n) is 11.6. The van der Waals surface area contributed by atoms with Gasteiger partial charge in [-0.2, -0.15) is 18.2 Å². The van der Waals surface area contributed by atoms with E-state index in [1.54, 1.807) is 48.5 Å². The topological polar surface area (TPSA) is 146 Å². The van der Waals surface area contributed by atoms with Crippen LogP contribution in [-0.4, -0.2) is 45.4 Å². The number of benzene rings is 2. The number of nitrogens with two attached hydrogens (primary N) is 2. The molecule has 0 fully saturated rings.